The Labute approximate surface area is 129 Å². The first kappa shape index (κ1) is 16.2. The lowest BCUT2D eigenvalue weighted by molar-refractivity contribution is 0.310. The molecule has 0 radical (unpaired) electrons. The fourth-order valence-electron chi connectivity index (χ4n) is 3.46. The molecule has 118 valence electrons. The minimum Gasteiger partial charge on any atom is -0.493 e. The smallest absolute Gasteiger partial charge is 0.161 e. The SMILES string of the molecule is CCOc1cc(CNC2CCC(CC)C2C)ccc1OC. The van der Waals surface area contributed by atoms with Gasteiger partial charge >= 0.3 is 0 Å². The van der Waals surface area contributed by atoms with Crippen LogP contribution < -0.4 is 14.8 Å². The van der Waals surface area contributed by atoms with Gasteiger partial charge in [0.1, 0.15) is 0 Å². The van der Waals surface area contributed by atoms with Crippen LogP contribution in [0.1, 0.15) is 45.6 Å². The van der Waals surface area contributed by atoms with E-state index in [2.05, 4.69) is 31.3 Å². The molecule has 0 aromatic heterocycles. The Hall–Kier alpha value is -1.22. The first-order chi connectivity index (χ1) is 10.2. The molecule has 1 aromatic carbocycles. The summed E-state index contributed by atoms with van der Waals surface area (Å²) in [6.45, 7) is 8.25. The Morgan fingerprint density at radius 1 is 1.19 bits per heavy atom. The van der Waals surface area contributed by atoms with Crippen LogP contribution >= 0.6 is 0 Å². The van der Waals surface area contributed by atoms with Gasteiger partial charge < -0.3 is 14.8 Å². The predicted octanol–water partition coefficient (Wildman–Crippen LogP) is 4.01. The molecule has 0 heterocycles. The first-order valence-corrected chi connectivity index (χ1v) is 8.22. The van der Waals surface area contributed by atoms with E-state index < -0.39 is 0 Å². The zero-order valence-corrected chi connectivity index (χ0v) is 13.8. The van der Waals surface area contributed by atoms with Gasteiger partial charge in [-0.2, -0.15) is 0 Å². The van der Waals surface area contributed by atoms with Crippen LogP contribution in [0.25, 0.3) is 0 Å². The van der Waals surface area contributed by atoms with Crippen molar-refractivity contribution in [2.75, 3.05) is 13.7 Å². The predicted molar refractivity (Wildman–Crippen MR) is 87.0 cm³/mol. The third-order valence-corrected chi connectivity index (χ3v) is 4.85. The molecule has 1 saturated carbocycles. The number of methoxy groups -OCH3 is 1. The molecule has 0 amide bonds. The number of ether oxygens (including phenoxy) is 2. The lowest BCUT2D eigenvalue weighted by Crippen LogP contribution is -2.32. The minimum atomic E-state index is 0.646. The fraction of sp³-hybridized carbons (Fsp3) is 0.667. The molecule has 3 heteroatoms. The van der Waals surface area contributed by atoms with E-state index in [0.29, 0.717) is 12.6 Å². The van der Waals surface area contributed by atoms with Gasteiger partial charge in [-0.25, -0.2) is 0 Å². The summed E-state index contributed by atoms with van der Waals surface area (Å²) in [5, 5.41) is 3.72. The topological polar surface area (TPSA) is 30.5 Å². The number of hydrogen-bond acceptors (Lipinski definition) is 3. The molecule has 0 spiro atoms. The van der Waals surface area contributed by atoms with E-state index in [1.165, 1.54) is 24.8 Å². The molecule has 0 aliphatic heterocycles. The van der Waals surface area contributed by atoms with E-state index in [4.69, 9.17) is 9.47 Å². The molecular weight excluding hydrogens is 262 g/mol. The summed E-state index contributed by atoms with van der Waals surface area (Å²) < 4.78 is 11.0. The third-order valence-electron chi connectivity index (χ3n) is 4.85. The van der Waals surface area contributed by atoms with Crippen molar-refractivity contribution in [2.45, 2.75) is 52.6 Å². The van der Waals surface area contributed by atoms with Gasteiger partial charge in [-0.1, -0.05) is 26.3 Å². The molecule has 3 nitrogen and oxygen atoms in total. The molecular formula is C18H29NO2. The monoisotopic (exact) mass is 291 g/mol. The van der Waals surface area contributed by atoms with E-state index in [0.717, 1.165) is 29.9 Å². The van der Waals surface area contributed by atoms with Gasteiger partial charge in [-0.3, -0.25) is 0 Å². The first-order valence-electron chi connectivity index (χ1n) is 8.22. The van der Waals surface area contributed by atoms with Gasteiger partial charge in [-0.05, 0) is 49.3 Å². The summed E-state index contributed by atoms with van der Waals surface area (Å²) in [4.78, 5) is 0. The fourth-order valence-corrected chi connectivity index (χ4v) is 3.46. The average Bonchev–Trinajstić information content (AvgIpc) is 2.86. The Bertz CT molecular complexity index is 447. The summed E-state index contributed by atoms with van der Waals surface area (Å²) >= 11 is 0. The van der Waals surface area contributed by atoms with Crippen molar-refractivity contribution in [1.29, 1.82) is 0 Å². The maximum absolute atomic E-state index is 5.64. The lowest BCUT2D eigenvalue weighted by atomic mass is 9.93. The summed E-state index contributed by atoms with van der Waals surface area (Å²) in [5.41, 5.74) is 1.26. The highest BCUT2D eigenvalue weighted by Gasteiger charge is 2.30. The van der Waals surface area contributed by atoms with Crippen LogP contribution in [0.2, 0.25) is 0 Å². The summed E-state index contributed by atoms with van der Waals surface area (Å²) in [6, 6.07) is 6.85. The van der Waals surface area contributed by atoms with Gasteiger partial charge in [0.15, 0.2) is 11.5 Å². The number of rotatable bonds is 7. The van der Waals surface area contributed by atoms with Crippen molar-refractivity contribution >= 4 is 0 Å². The molecule has 1 aromatic rings. The second-order valence-corrected chi connectivity index (χ2v) is 6.01. The molecule has 21 heavy (non-hydrogen) atoms. The van der Waals surface area contributed by atoms with E-state index >= 15 is 0 Å². The van der Waals surface area contributed by atoms with Crippen molar-refractivity contribution in [2.24, 2.45) is 11.8 Å². The average molecular weight is 291 g/mol. The largest absolute Gasteiger partial charge is 0.493 e. The zero-order valence-electron chi connectivity index (χ0n) is 13.8. The van der Waals surface area contributed by atoms with Gasteiger partial charge in [0.05, 0.1) is 13.7 Å². The maximum atomic E-state index is 5.64. The Balaban J connectivity index is 1.95. The van der Waals surface area contributed by atoms with Gasteiger partial charge in [-0.15, -0.1) is 0 Å². The summed E-state index contributed by atoms with van der Waals surface area (Å²) in [5.74, 6) is 3.31. The van der Waals surface area contributed by atoms with Crippen molar-refractivity contribution in [3.8, 4) is 11.5 Å². The molecule has 0 saturated heterocycles. The van der Waals surface area contributed by atoms with Crippen molar-refractivity contribution in [3.63, 3.8) is 0 Å². The molecule has 0 bridgehead atoms. The lowest BCUT2D eigenvalue weighted by Gasteiger charge is -2.21. The van der Waals surface area contributed by atoms with Gasteiger partial charge in [0.2, 0.25) is 0 Å². The van der Waals surface area contributed by atoms with Crippen molar-refractivity contribution in [3.05, 3.63) is 23.8 Å². The second-order valence-electron chi connectivity index (χ2n) is 6.01. The molecule has 3 atom stereocenters. The van der Waals surface area contributed by atoms with Crippen LogP contribution in [0.3, 0.4) is 0 Å². The van der Waals surface area contributed by atoms with E-state index in [9.17, 15) is 0 Å². The molecule has 2 rings (SSSR count). The number of benzene rings is 1. The normalized spacial score (nSPS) is 25.0. The molecule has 1 fully saturated rings. The number of hydrogen-bond donors (Lipinski definition) is 1. The quantitative estimate of drug-likeness (QED) is 0.823. The van der Waals surface area contributed by atoms with E-state index in [-0.39, 0.29) is 0 Å². The van der Waals surface area contributed by atoms with Crippen molar-refractivity contribution in [1.82, 2.24) is 5.32 Å². The highest BCUT2D eigenvalue weighted by atomic mass is 16.5. The highest BCUT2D eigenvalue weighted by Crippen LogP contribution is 2.34. The van der Waals surface area contributed by atoms with Crippen LogP contribution in [0.4, 0.5) is 0 Å². The molecule has 3 unspecified atom stereocenters. The van der Waals surface area contributed by atoms with Crippen LogP contribution in [-0.2, 0) is 6.54 Å². The van der Waals surface area contributed by atoms with Crippen LogP contribution in [0.15, 0.2) is 18.2 Å². The van der Waals surface area contributed by atoms with Crippen LogP contribution in [0, 0.1) is 11.8 Å². The van der Waals surface area contributed by atoms with Gasteiger partial charge in [0.25, 0.3) is 0 Å². The Kier molecular flexibility index (Phi) is 5.92. The van der Waals surface area contributed by atoms with Crippen molar-refractivity contribution < 1.29 is 9.47 Å². The summed E-state index contributed by atoms with van der Waals surface area (Å²) in [7, 11) is 1.68. The highest BCUT2D eigenvalue weighted by molar-refractivity contribution is 5.42. The zero-order chi connectivity index (χ0) is 15.2. The summed E-state index contributed by atoms with van der Waals surface area (Å²) in [6.07, 6.45) is 3.96. The van der Waals surface area contributed by atoms with Crippen LogP contribution in [0.5, 0.6) is 11.5 Å². The Morgan fingerprint density at radius 3 is 2.62 bits per heavy atom. The molecule has 1 aliphatic carbocycles. The second kappa shape index (κ2) is 7.69. The van der Waals surface area contributed by atoms with Gasteiger partial charge in [0, 0.05) is 12.6 Å². The minimum absolute atomic E-state index is 0.646. The molecule has 1 aliphatic rings. The maximum Gasteiger partial charge on any atom is 0.161 e. The molecule has 1 N–H and O–H groups in total. The number of nitrogens with one attached hydrogen (secondary N) is 1. The Morgan fingerprint density at radius 2 is 2.00 bits per heavy atom. The third kappa shape index (κ3) is 3.91. The van der Waals surface area contributed by atoms with E-state index in [1.807, 2.05) is 13.0 Å². The standard InChI is InChI=1S/C18H29NO2/c1-5-15-8-9-16(13(15)3)19-12-14-7-10-17(20-4)18(11-14)21-6-2/h7,10-11,13,15-16,19H,5-6,8-9,12H2,1-4H3. The van der Waals surface area contributed by atoms with E-state index in [1.54, 1.807) is 7.11 Å². The van der Waals surface area contributed by atoms with Crippen LogP contribution in [-0.4, -0.2) is 19.8 Å².